The normalized spacial score (nSPS) is 12.6. The van der Waals surface area contributed by atoms with Gasteiger partial charge < -0.3 is 15.5 Å². The van der Waals surface area contributed by atoms with E-state index in [9.17, 15) is 5.11 Å². The number of nitrogens with two attached hydrogens (primary N) is 1. The third-order valence-electron chi connectivity index (χ3n) is 3.00. The molecule has 0 spiro atoms. The van der Waals surface area contributed by atoms with Crippen LogP contribution in [0.5, 0.6) is 0 Å². The lowest BCUT2D eigenvalue weighted by Crippen LogP contribution is -2.49. The summed E-state index contributed by atoms with van der Waals surface area (Å²) in [6, 6.07) is 1.72. The van der Waals surface area contributed by atoms with Gasteiger partial charge in [0.1, 0.15) is 0 Å². The molecule has 1 aromatic rings. The quantitative estimate of drug-likeness (QED) is 0.619. The lowest BCUT2D eigenvalue weighted by molar-refractivity contribution is -0.0893. The van der Waals surface area contributed by atoms with E-state index in [-0.39, 0.29) is 5.15 Å². The highest BCUT2D eigenvalue weighted by Crippen LogP contribution is 2.24. The largest absolute Gasteiger partial charge is 0.427 e. The fourth-order valence-electron chi connectivity index (χ4n) is 1.03. The van der Waals surface area contributed by atoms with E-state index >= 15 is 0 Å². The van der Waals surface area contributed by atoms with Crippen LogP contribution >= 0.6 is 11.6 Å². The number of anilines is 1. The Kier molecular flexibility index (Phi) is 4.07. The zero-order valence-corrected chi connectivity index (χ0v) is 11.4. The molecule has 3 N–H and O–H groups in total. The third-order valence-corrected chi connectivity index (χ3v) is 3.31. The second kappa shape index (κ2) is 4.84. The Hall–Kier alpha value is -0.775. The molecule has 0 amide bonds. The predicted octanol–water partition coefficient (Wildman–Crippen LogP) is 0.860. The van der Waals surface area contributed by atoms with Crippen molar-refractivity contribution in [3.05, 3.63) is 17.4 Å². The van der Waals surface area contributed by atoms with Gasteiger partial charge in [-0.2, -0.15) is 0 Å². The lowest BCUT2D eigenvalue weighted by Gasteiger charge is -2.37. The molecule has 6 heteroatoms. The van der Waals surface area contributed by atoms with Crippen LogP contribution in [0.15, 0.2) is 12.3 Å². The molecule has 1 aromatic heterocycles. The fourth-order valence-corrected chi connectivity index (χ4v) is 1.13. The van der Waals surface area contributed by atoms with Gasteiger partial charge in [0, 0.05) is 6.20 Å². The van der Waals surface area contributed by atoms with Crippen LogP contribution in [0.25, 0.3) is 0 Å². The number of aliphatic hydroxyl groups is 1. The molecule has 0 saturated heterocycles. The number of nitrogens with zero attached hydrogens (tertiary/aromatic N) is 1. The molecule has 0 saturated carbocycles. The van der Waals surface area contributed by atoms with Crippen molar-refractivity contribution in [1.29, 1.82) is 0 Å². The van der Waals surface area contributed by atoms with Gasteiger partial charge in [-0.1, -0.05) is 11.6 Å². The molecule has 0 aliphatic rings. The molecule has 4 nitrogen and oxygen atoms in total. The van der Waals surface area contributed by atoms with E-state index in [1.165, 1.54) is 0 Å². The number of pyridine rings is 1. The summed E-state index contributed by atoms with van der Waals surface area (Å²) in [7, 11) is 0.325. The van der Waals surface area contributed by atoms with Gasteiger partial charge in [0.05, 0.1) is 16.9 Å². The summed E-state index contributed by atoms with van der Waals surface area (Å²) < 4.78 is 5.69. The minimum atomic E-state index is -0.932. The zero-order chi connectivity index (χ0) is 13.3. The molecule has 0 bridgehead atoms. The molecular weight excluding hydrogens is 238 g/mol. The van der Waals surface area contributed by atoms with E-state index in [4.69, 9.17) is 22.0 Å². The predicted molar refractivity (Wildman–Crippen MR) is 71.9 cm³/mol. The number of aromatic nitrogens is 1. The maximum Gasteiger partial charge on any atom is 0.311 e. The summed E-state index contributed by atoms with van der Waals surface area (Å²) in [5.74, 6) is 0. The van der Waals surface area contributed by atoms with Crippen LogP contribution in [0.2, 0.25) is 5.15 Å². The Morgan fingerprint density at radius 1 is 1.41 bits per heavy atom. The summed E-state index contributed by atoms with van der Waals surface area (Å²) >= 11 is 5.73. The van der Waals surface area contributed by atoms with Gasteiger partial charge >= 0.3 is 7.48 Å². The van der Waals surface area contributed by atoms with Crippen LogP contribution in [-0.4, -0.2) is 28.8 Å². The molecule has 0 aliphatic carbocycles. The third kappa shape index (κ3) is 3.59. The van der Waals surface area contributed by atoms with Crippen LogP contribution in [0.1, 0.15) is 27.7 Å². The van der Waals surface area contributed by atoms with Crippen LogP contribution < -0.4 is 11.2 Å². The standard InChI is InChI=1S/C11H18BClN2O2/c1-10(2,16)11(3,4)17-12-7-5-8(14)9(13)15-6-7/h5-6,12,16H,14H2,1-4H3. The monoisotopic (exact) mass is 256 g/mol. The summed E-state index contributed by atoms with van der Waals surface area (Å²) in [5.41, 5.74) is 5.30. The van der Waals surface area contributed by atoms with Crippen molar-refractivity contribution in [2.75, 3.05) is 5.73 Å². The van der Waals surface area contributed by atoms with Crippen LogP contribution in [-0.2, 0) is 4.65 Å². The minimum Gasteiger partial charge on any atom is -0.427 e. The SMILES string of the molecule is CC(C)(O)C(C)(C)OBc1cnc(Cl)c(N)c1. The van der Waals surface area contributed by atoms with Crippen molar-refractivity contribution in [2.45, 2.75) is 38.9 Å². The van der Waals surface area contributed by atoms with Gasteiger partial charge in [0.2, 0.25) is 0 Å². The Morgan fingerprint density at radius 3 is 2.47 bits per heavy atom. The topological polar surface area (TPSA) is 68.4 Å². The van der Waals surface area contributed by atoms with Gasteiger partial charge in [-0.15, -0.1) is 0 Å². The Morgan fingerprint density at radius 2 is 2.00 bits per heavy atom. The Bertz CT molecular complexity index is 405. The first-order valence-corrected chi connectivity index (χ1v) is 5.77. The second-order valence-electron chi connectivity index (χ2n) is 5.08. The van der Waals surface area contributed by atoms with E-state index in [0.717, 1.165) is 5.46 Å². The Balaban J connectivity index is 2.71. The minimum absolute atomic E-state index is 0.287. The van der Waals surface area contributed by atoms with E-state index in [0.29, 0.717) is 13.2 Å². The van der Waals surface area contributed by atoms with Crippen molar-refractivity contribution in [2.24, 2.45) is 0 Å². The van der Waals surface area contributed by atoms with Crippen LogP contribution in [0.4, 0.5) is 5.69 Å². The number of halogens is 1. The number of hydrogen-bond acceptors (Lipinski definition) is 4. The average molecular weight is 257 g/mol. The van der Waals surface area contributed by atoms with Crippen molar-refractivity contribution in [3.63, 3.8) is 0 Å². The zero-order valence-electron chi connectivity index (χ0n) is 10.6. The molecule has 94 valence electrons. The first-order chi connectivity index (χ1) is 7.63. The van der Waals surface area contributed by atoms with E-state index in [1.807, 2.05) is 13.8 Å². The molecule has 0 unspecified atom stereocenters. The van der Waals surface area contributed by atoms with E-state index in [2.05, 4.69) is 4.98 Å². The molecule has 1 heterocycles. The molecule has 0 radical (unpaired) electrons. The summed E-state index contributed by atoms with van der Waals surface area (Å²) in [5, 5.41) is 10.2. The molecule has 1 rings (SSSR count). The number of nitrogen functional groups attached to an aromatic ring is 1. The summed E-state index contributed by atoms with van der Waals surface area (Å²) in [6.45, 7) is 7.09. The maximum absolute atomic E-state index is 9.94. The Labute approximate surface area is 107 Å². The highest BCUT2D eigenvalue weighted by molar-refractivity contribution is 6.47. The maximum atomic E-state index is 9.94. The van der Waals surface area contributed by atoms with Gasteiger partial charge in [-0.05, 0) is 39.2 Å². The second-order valence-corrected chi connectivity index (χ2v) is 5.44. The van der Waals surface area contributed by atoms with Crippen LogP contribution in [0.3, 0.4) is 0 Å². The molecule has 0 aromatic carbocycles. The molecule has 0 fully saturated rings. The van der Waals surface area contributed by atoms with Gasteiger partial charge in [0.15, 0.2) is 5.15 Å². The smallest absolute Gasteiger partial charge is 0.311 e. The highest BCUT2D eigenvalue weighted by atomic mass is 35.5. The van der Waals surface area contributed by atoms with E-state index < -0.39 is 11.2 Å². The number of rotatable bonds is 4. The van der Waals surface area contributed by atoms with Crippen molar-refractivity contribution >= 4 is 30.2 Å². The number of hydrogen-bond donors (Lipinski definition) is 2. The lowest BCUT2D eigenvalue weighted by atomic mass is 9.83. The summed E-state index contributed by atoms with van der Waals surface area (Å²) in [6.07, 6.45) is 1.61. The van der Waals surface area contributed by atoms with Crippen molar-refractivity contribution in [1.82, 2.24) is 4.98 Å². The highest BCUT2D eigenvalue weighted by Gasteiger charge is 2.35. The first kappa shape index (κ1) is 14.3. The first-order valence-electron chi connectivity index (χ1n) is 5.40. The molecular formula is C11H18BClN2O2. The van der Waals surface area contributed by atoms with E-state index in [1.54, 1.807) is 26.1 Å². The van der Waals surface area contributed by atoms with Gasteiger partial charge in [-0.3, -0.25) is 0 Å². The summed E-state index contributed by atoms with van der Waals surface area (Å²) in [4.78, 5) is 3.94. The van der Waals surface area contributed by atoms with Gasteiger partial charge in [0.25, 0.3) is 0 Å². The van der Waals surface area contributed by atoms with Crippen molar-refractivity contribution in [3.8, 4) is 0 Å². The van der Waals surface area contributed by atoms with Crippen LogP contribution in [0, 0.1) is 0 Å². The molecule has 17 heavy (non-hydrogen) atoms. The van der Waals surface area contributed by atoms with Crippen molar-refractivity contribution < 1.29 is 9.76 Å². The van der Waals surface area contributed by atoms with Gasteiger partial charge in [-0.25, -0.2) is 4.98 Å². The average Bonchev–Trinajstić information content (AvgIpc) is 2.18. The molecule has 0 atom stereocenters. The molecule has 0 aliphatic heterocycles. The fraction of sp³-hybridized carbons (Fsp3) is 0.545.